The van der Waals surface area contributed by atoms with E-state index in [1.165, 1.54) is 38.5 Å². The lowest BCUT2D eigenvalue weighted by Gasteiger charge is -2.21. The van der Waals surface area contributed by atoms with Gasteiger partial charge in [-0.3, -0.25) is 0 Å². The molecule has 1 aliphatic rings. The largest absolute Gasteiger partial charge is 0.456 e. The van der Waals surface area contributed by atoms with Gasteiger partial charge >= 0.3 is 0 Å². The second kappa shape index (κ2) is 11.1. The van der Waals surface area contributed by atoms with Crippen molar-refractivity contribution in [1.29, 1.82) is 0 Å². The first-order chi connectivity index (χ1) is 28.1. The molecule has 7 aromatic carbocycles. The van der Waals surface area contributed by atoms with Crippen molar-refractivity contribution in [2.45, 2.75) is 19.3 Å². The topological polar surface area (TPSA) is 56.7 Å². The highest BCUT2D eigenvalue weighted by molar-refractivity contribution is 6.16. The highest BCUT2D eigenvalue weighted by Crippen LogP contribution is 2.53. The van der Waals surface area contributed by atoms with Crippen molar-refractivity contribution in [2.24, 2.45) is 0 Å². The van der Waals surface area contributed by atoms with Gasteiger partial charge in [-0.25, -0.2) is 15.0 Å². The van der Waals surface area contributed by atoms with Gasteiger partial charge in [-0.2, -0.15) is 0 Å². The Morgan fingerprint density at radius 1 is 0.547 bits per heavy atom. The summed E-state index contributed by atoms with van der Waals surface area (Å²) in [4.78, 5) is 14.2. The minimum Gasteiger partial charge on any atom is -0.456 e. The molecule has 0 bridgehead atoms. The van der Waals surface area contributed by atoms with Crippen molar-refractivity contribution >= 4 is 43.7 Å². The number of benzene rings is 7. The Bertz CT molecular complexity index is 3360. The van der Waals surface area contributed by atoms with E-state index in [1.807, 2.05) is 54.6 Å². The molecule has 53 heavy (non-hydrogen) atoms. The molecule has 0 amide bonds. The number of rotatable bonds is 4. The molecule has 5 nitrogen and oxygen atoms in total. The van der Waals surface area contributed by atoms with Gasteiger partial charge in [0.25, 0.3) is 0 Å². The minimum absolute atomic E-state index is 0.0149. The molecule has 5 heteroatoms. The summed E-state index contributed by atoms with van der Waals surface area (Å²) < 4.78 is 50.9. The van der Waals surface area contributed by atoms with Crippen molar-refractivity contribution in [3.05, 3.63) is 169 Å². The van der Waals surface area contributed by atoms with Gasteiger partial charge in [-0.1, -0.05) is 135 Å². The van der Waals surface area contributed by atoms with Gasteiger partial charge in [0, 0.05) is 54.9 Å². The third-order valence-electron chi connectivity index (χ3n) is 10.7. The summed E-state index contributed by atoms with van der Waals surface area (Å²) in [6, 6.07) is 41.3. The lowest BCUT2D eigenvalue weighted by Crippen LogP contribution is -2.14. The first kappa shape index (κ1) is 25.2. The fourth-order valence-electron chi connectivity index (χ4n) is 8.25. The maximum Gasteiger partial charge on any atom is 0.164 e. The molecule has 11 rings (SSSR count). The van der Waals surface area contributed by atoms with Crippen molar-refractivity contribution in [1.82, 2.24) is 19.5 Å². The van der Waals surface area contributed by atoms with E-state index in [9.17, 15) is 0 Å². The molecular weight excluding hydrogens is 649 g/mol. The number of aromatic nitrogens is 4. The van der Waals surface area contributed by atoms with Crippen LogP contribution in [0.1, 0.15) is 31.8 Å². The Kier molecular flexibility index (Phi) is 5.26. The van der Waals surface area contributed by atoms with E-state index >= 15 is 0 Å². The summed E-state index contributed by atoms with van der Waals surface area (Å²) in [5.41, 5.74) is 11.0. The van der Waals surface area contributed by atoms with Crippen LogP contribution in [0.5, 0.6) is 0 Å². The van der Waals surface area contributed by atoms with Crippen LogP contribution in [0.15, 0.2) is 162 Å². The van der Waals surface area contributed by atoms with Crippen LogP contribution in [0.4, 0.5) is 0 Å². The molecule has 3 heterocycles. The summed E-state index contributed by atoms with van der Waals surface area (Å²) >= 11 is 0. The second-order valence-electron chi connectivity index (χ2n) is 14.1. The smallest absolute Gasteiger partial charge is 0.164 e. The fraction of sp³-hybridized carbons (Fsp3) is 0.0625. The molecule has 0 unspecified atom stereocenters. The monoisotopic (exact) mass is 685 g/mol. The van der Waals surface area contributed by atoms with Crippen LogP contribution in [0.25, 0.3) is 94.7 Å². The molecular formula is C48H32N4O. The number of hydrogen-bond donors (Lipinski definition) is 0. The zero-order chi connectivity index (χ0) is 39.6. The molecule has 10 aromatic rings. The number of furan rings is 1. The van der Waals surface area contributed by atoms with Crippen molar-refractivity contribution < 1.29 is 11.3 Å². The zero-order valence-electron chi connectivity index (χ0n) is 33.8. The van der Waals surface area contributed by atoms with Crippen LogP contribution in [0.3, 0.4) is 0 Å². The molecule has 0 saturated heterocycles. The van der Waals surface area contributed by atoms with E-state index in [0.29, 0.717) is 22.5 Å². The van der Waals surface area contributed by atoms with Crippen molar-refractivity contribution in [3.63, 3.8) is 0 Å². The lowest BCUT2D eigenvalue weighted by atomic mass is 9.82. The average Bonchev–Trinajstić information content (AvgIpc) is 3.87. The SMILES string of the molecule is [2H]c1c([2H])c([2H])c(-c2nc(-c3ccccc3)nc(-c3ccc4c(c3)oc3ccc(-n5c6ccccc6c6ccc7c(c65)-c5ccccc5C7(C)C)cc34)n2)c([2H])c1[2H]. The highest BCUT2D eigenvalue weighted by atomic mass is 16.3. The summed E-state index contributed by atoms with van der Waals surface area (Å²) in [7, 11) is 0. The molecule has 0 N–H and O–H groups in total. The predicted molar refractivity (Wildman–Crippen MR) is 215 cm³/mol. The summed E-state index contributed by atoms with van der Waals surface area (Å²) in [5.74, 6) is 0.574. The van der Waals surface area contributed by atoms with E-state index in [-0.39, 0.29) is 34.7 Å². The number of fused-ring (bicyclic) bond motifs is 10. The Hall–Kier alpha value is -6.85. The Morgan fingerprint density at radius 3 is 2.11 bits per heavy atom. The van der Waals surface area contributed by atoms with E-state index in [4.69, 9.17) is 21.2 Å². The molecule has 3 aromatic heterocycles. The maximum atomic E-state index is 8.65. The van der Waals surface area contributed by atoms with E-state index in [0.717, 1.165) is 27.6 Å². The molecule has 0 fully saturated rings. The first-order valence-electron chi connectivity index (χ1n) is 20.1. The highest BCUT2D eigenvalue weighted by Gasteiger charge is 2.37. The number of nitrogens with zero attached hydrogens (tertiary/aromatic N) is 4. The predicted octanol–water partition coefficient (Wildman–Crippen LogP) is 12.2. The van der Waals surface area contributed by atoms with Crippen molar-refractivity contribution in [3.8, 4) is 51.0 Å². The standard InChI is InChI=1S/C48H32N4O/c1-48(2)38-19-11-9-18-36(38)43-39(48)25-24-35-33-17-10-12-20-40(33)52(44(35)43)32-22-26-41-37(28-32)34-23-21-31(27-42(34)53-41)47-50-45(29-13-5-3-6-14-29)49-46(51-47)30-15-7-4-8-16-30/h3-28H,1-2H3/i3D,5D,6D,13D,14D. The Labute approximate surface area is 312 Å². The molecule has 0 atom stereocenters. The molecule has 1 aliphatic carbocycles. The van der Waals surface area contributed by atoms with Gasteiger partial charge in [0.2, 0.25) is 0 Å². The van der Waals surface area contributed by atoms with Crippen LogP contribution in [0, 0.1) is 0 Å². The fourth-order valence-corrected chi connectivity index (χ4v) is 8.25. The third-order valence-corrected chi connectivity index (χ3v) is 10.7. The van der Waals surface area contributed by atoms with Gasteiger partial charge in [0.1, 0.15) is 11.2 Å². The van der Waals surface area contributed by atoms with Crippen LogP contribution in [-0.4, -0.2) is 19.5 Å². The molecule has 0 saturated carbocycles. The van der Waals surface area contributed by atoms with E-state index in [2.05, 4.69) is 96.2 Å². The summed E-state index contributed by atoms with van der Waals surface area (Å²) in [6.07, 6.45) is 0. The Balaban J connectivity index is 1.10. The Morgan fingerprint density at radius 2 is 1.26 bits per heavy atom. The van der Waals surface area contributed by atoms with Crippen LogP contribution < -0.4 is 0 Å². The molecule has 0 spiro atoms. The third kappa shape index (κ3) is 4.40. The van der Waals surface area contributed by atoms with E-state index in [1.54, 1.807) is 0 Å². The number of para-hydroxylation sites is 1. The van der Waals surface area contributed by atoms with Crippen LogP contribution >= 0.6 is 0 Å². The average molecular weight is 686 g/mol. The molecule has 0 radical (unpaired) electrons. The first-order valence-corrected chi connectivity index (χ1v) is 17.6. The second-order valence-corrected chi connectivity index (χ2v) is 14.1. The van der Waals surface area contributed by atoms with Gasteiger partial charge in [0.05, 0.1) is 17.9 Å². The zero-order valence-corrected chi connectivity index (χ0v) is 28.8. The van der Waals surface area contributed by atoms with E-state index < -0.39 is 18.1 Å². The van der Waals surface area contributed by atoms with Gasteiger partial charge in [0.15, 0.2) is 17.5 Å². The summed E-state index contributed by atoms with van der Waals surface area (Å²) in [6.45, 7) is 4.62. The summed E-state index contributed by atoms with van der Waals surface area (Å²) in [5, 5.41) is 4.28. The van der Waals surface area contributed by atoms with Gasteiger partial charge < -0.3 is 8.98 Å². The molecule has 0 aliphatic heterocycles. The molecule has 250 valence electrons. The lowest BCUT2D eigenvalue weighted by molar-refractivity contribution is 0.661. The minimum atomic E-state index is -0.480. The number of hydrogen-bond acceptors (Lipinski definition) is 4. The van der Waals surface area contributed by atoms with Crippen LogP contribution in [0.2, 0.25) is 0 Å². The van der Waals surface area contributed by atoms with Gasteiger partial charge in [-0.15, -0.1) is 0 Å². The van der Waals surface area contributed by atoms with Gasteiger partial charge in [-0.05, 0) is 53.1 Å². The van der Waals surface area contributed by atoms with Crippen molar-refractivity contribution in [2.75, 3.05) is 0 Å². The van der Waals surface area contributed by atoms with Crippen LogP contribution in [-0.2, 0) is 5.41 Å². The maximum absolute atomic E-state index is 8.65. The normalized spacial score (nSPS) is 14.6. The quantitative estimate of drug-likeness (QED) is 0.185.